The topological polar surface area (TPSA) is 142 Å². The van der Waals surface area contributed by atoms with Crippen LogP contribution in [0.2, 0.25) is 0 Å². The number of halogens is 2. The van der Waals surface area contributed by atoms with Crippen molar-refractivity contribution in [2.24, 2.45) is 5.73 Å². The van der Waals surface area contributed by atoms with E-state index in [4.69, 9.17) is 10.8 Å². The molecule has 0 saturated carbocycles. The second kappa shape index (κ2) is 9.81. The van der Waals surface area contributed by atoms with E-state index in [0.29, 0.717) is 12.8 Å². The highest BCUT2D eigenvalue weighted by atomic mass is 19.1. The molecule has 0 aliphatic rings. The van der Waals surface area contributed by atoms with Crippen LogP contribution in [0.25, 0.3) is 0 Å². The molecule has 0 bridgehead atoms. The molecular formula is C19H24F2N6O3. The Kier molecular flexibility index (Phi) is 7.45. The number of primary amides is 1. The number of carbonyl (C=O) groups excluding carboxylic acids is 1. The van der Waals surface area contributed by atoms with Gasteiger partial charge in [0.25, 0.3) is 5.91 Å². The number of anilines is 3. The van der Waals surface area contributed by atoms with Gasteiger partial charge in [-0.2, -0.15) is 0 Å². The van der Waals surface area contributed by atoms with Crippen molar-refractivity contribution in [3.8, 4) is 0 Å². The van der Waals surface area contributed by atoms with Gasteiger partial charge in [-0.05, 0) is 26.3 Å². The monoisotopic (exact) mass is 422 g/mol. The van der Waals surface area contributed by atoms with Crippen molar-refractivity contribution < 1.29 is 23.5 Å². The Morgan fingerprint density at radius 2 is 1.93 bits per heavy atom. The highest BCUT2D eigenvalue weighted by Crippen LogP contribution is 2.25. The van der Waals surface area contributed by atoms with Crippen molar-refractivity contribution in [1.82, 2.24) is 15.3 Å². The van der Waals surface area contributed by atoms with Gasteiger partial charge in [0, 0.05) is 18.2 Å². The first-order valence-corrected chi connectivity index (χ1v) is 9.27. The number of carbonyl (C=O) groups is 2. The van der Waals surface area contributed by atoms with Crippen molar-refractivity contribution >= 4 is 29.3 Å². The highest BCUT2D eigenvalue weighted by molar-refractivity contribution is 5.98. The molecule has 2 heterocycles. The number of aromatic nitrogens is 2. The number of hydrogen-bond donors (Lipinski definition) is 5. The van der Waals surface area contributed by atoms with E-state index in [0.717, 1.165) is 12.1 Å². The van der Waals surface area contributed by atoms with Crippen molar-refractivity contribution in [1.29, 1.82) is 0 Å². The van der Waals surface area contributed by atoms with Gasteiger partial charge >= 0.3 is 6.09 Å². The molecule has 162 valence electrons. The van der Waals surface area contributed by atoms with Gasteiger partial charge in [0.1, 0.15) is 11.6 Å². The van der Waals surface area contributed by atoms with Crippen LogP contribution >= 0.6 is 0 Å². The van der Waals surface area contributed by atoms with Crippen LogP contribution in [0.3, 0.4) is 0 Å². The summed E-state index contributed by atoms with van der Waals surface area (Å²) in [5, 5.41) is 16.9. The smallest absolute Gasteiger partial charge is 0.404 e. The van der Waals surface area contributed by atoms with E-state index in [1.807, 2.05) is 6.92 Å². The van der Waals surface area contributed by atoms with Gasteiger partial charge in [-0.25, -0.2) is 18.6 Å². The Hall–Kier alpha value is -3.50. The molecule has 0 spiro atoms. The van der Waals surface area contributed by atoms with Gasteiger partial charge in [0.05, 0.1) is 23.1 Å². The predicted octanol–water partition coefficient (Wildman–Crippen LogP) is 3.14. The molecule has 0 fully saturated rings. The third kappa shape index (κ3) is 5.75. The zero-order chi connectivity index (χ0) is 22.4. The molecule has 9 nitrogen and oxygen atoms in total. The summed E-state index contributed by atoms with van der Waals surface area (Å²) in [5.41, 5.74) is 5.47. The van der Waals surface area contributed by atoms with E-state index < -0.39 is 35.7 Å². The Bertz CT molecular complexity index is 941. The predicted molar refractivity (Wildman–Crippen MR) is 108 cm³/mol. The fraction of sp³-hybridized carbons (Fsp3) is 0.368. The maximum absolute atomic E-state index is 14.6. The first-order valence-electron chi connectivity index (χ1n) is 9.27. The summed E-state index contributed by atoms with van der Waals surface area (Å²) >= 11 is 0. The van der Waals surface area contributed by atoms with E-state index >= 15 is 0 Å². The van der Waals surface area contributed by atoms with Gasteiger partial charge in [-0.1, -0.05) is 13.3 Å². The van der Waals surface area contributed by atoms with Crippen LogP contribution in [0.15, 0.2) is 18.3 Å². The SMILES string of the molecule is CCC[C@H](Nc1nc(Nc2cnc(C)c(F)c2)c(C(N)=O)cc1F)[C@H](C)NC(=O)O. The molecule has 2 aromatic rings. The molecule has 2 rings (SSSR count). The lowest BCUT2D eigenvalue weighted by atomic mass is 10.0. The molecule has 6 N–H and O–H groups in total. The van der Waals surface area contributed by atoms with Gasteiger partial charge in [0.2, 0.25) is 0 Å². The highest BCUT2D eigenvalue weighted by Gasteiger charge is 2.22. The lowest BCUT2D eigenvalue weighted by Crippen LogP contribution is -2.44. The summed E-state index contributed by atoms with van der Waals surface area (Å²) in [6.07, 6.45) is 1.35. The van der Waals surface area contributed by atoms with E-state index in [1.165, 1.54) is 13.1 Å². The molecule has 30 heavy (non-hydrogen) atoms. The lowest BCUT2D eigenvalue weighted by Gasteiger charge is -2.26. The molecule has 11 heteroatoms. The Balaban J connectivity index is 2.40. The second-order valence-corrected chi connectivity index (χ2v) is 6.77. The number of hydrogen-bond acceptors (Lipinski definition) is 6. The van der Waals surface area contributed by atoms with Crippen LogP contribution in [0, 0.1) is 18.6 Å². The summed E-state index contributed by atoms with van der Waals surface area (Å²) in [6, 6.07) is 1.05. The largest absolute Gasteiger partial charge is 0.465 e. The first-order chi connectivity index (χ1) is 14.1. The normalized spacial score (nSPS) is 12.7. The number of aryl methyl sites for hydroxylation is 1. The number of rotatable bonds is 9. The lowest BCUT2D eigenvalue weighted by molar-refractivity contribution is 0.100. The van der Waals surface area contributed by atoms with Crippen molar-refractivity contribution in [3.05, 3.63) is 41.2 Å². The van der Waals surface area contributed by atoms with E-state index in [2.05, 4.69) is 25.9 Å². The van der Waals surface area contributed by atoms with Crippen LogP contribution in [0.4, 0.5) is 30.9 Å². The minimum atomic E-state index is -1.21. The van der Waals surface area contributed by atoms with Gasteiger partial charge in [0.15, 0.2) is 11.6 Å². The second-order valence-electron chi connectivity index (χ2n) is 6.77. The van der Waals surface area contributed by atoms with Crippen LogP contribution in [-0.4, -0.2) is 39.2 Å². The maximum atomic E-state index is 14.6. The molecule has 0 radical (unpaired) electrons. The molecule has 0 aliphatic heterocycles. The fourth-order valence-electron chi connectivity index (χ4n) is 2.81. The summed E-state index contributed by atoms with van der Waals surface area (Å²) < 4.78 is 28.4. The zero-order valence-electron chi connectivity index (χ0n) is 16.8. The summed E-state index contributed by atoms with van der Waals surface area (Å²) in [7, 11) is 0. The summed E-state index contributed by atoms with van der Waals surface area (Å²) in [6.45, 7) is 5.03. The van der Waals surface area contributed by atoms with Crippen molar-refractivity contribution in [2.45, 2.75) is 45.7 Å². The number of amides is 2. The molecule has 0 aromatic carbocycles. The van der Waals surface area contributed by atoms with E-state index in [-0.39, 0.29) is 28.6 Å². The van der Waals surface area contributed by atoms with Crippen LogP contribution in [0.1, 0.15) is 42.7 Å². The third-order valence-electron chi connectivity index (χ3n) is 4.41. The molecule has 2 aromatic heterocycles. The third-order valence-corrected chi connectivity index (χ3v) is 4.41. The van der Waals surface area contributed by atoms with Gasteiger partial charge < -0.3 is 26.8 Å². The number of pyridine rings is 2. The molecule has 0 aliphatic carbocycles. The quantitative estimate of drug-likeness (QED) is 0.418. The first kappa shape index (κ1) is 22.8. The van der Waals surface area contributed by atoms with Crippen molar-refractivity contribution in [3.63, 3.8) is 0 Å². The fourth-order valence-corrected chi connectivity index (χ4v) is 2.81. The Labute approximate surface area is 172 Å². The minimum Gasteiger partial charge on any atom is -0.465 e. The minimum absolute atomic E-state index is 0.0921. The number of nitrogens with one attached hydrogen (secondary N) is 3. The molecule has 0 unspecified atom stereocenters. The van der Waals surface area contributed by atoms with Crippen LogP contribution in [-0.2, 0) is 0 Å². The Morgan fingerprint density at radius 1 is 1.23 bits per heavy atom. The number of nitrogens with zero attached hydrogens (tertiary/aromatic N) is 2. The number of carboxylic acid groups (broad SMARTS) is 1. The maximum Gasteiger partial charge on any atom is 0.404 e. The average molecular weight is 422 g/mol. The number of nitrogens with two attached hydrogens (primary N) is 1. The zero-order valence-corrected chi connectivity index (χ0v) is 16.8. The molecule has 2 atom stereocenters. The van der Waals surface area contributed by atoms with Gasteiger partial charge in [-0.15, -0.1) is 0 Å². The molecular weight excluding hydrogens is 398 g/mol. The Morgan fingerprint density at radius 3 is 2.50 bits per heavy atom. The summed E-state index contributed by atoms with van der Waals surface area (Å²) in [4.78, 5) is 30.7. The summed E-state index contributed by atoms with van der Waals surface area (Å²) in [5.74, 6) is -2.64. The average Bonchev–Trinajstić information content (AvgIpc) is 2.65. The standard InChI is InChI=1S/C19H24F2N6O3/c1-4-5-15(10(3)24-19(29)30)26-18-14(21)7-12(16(22)28)17(27-18)25-11-6-13(20)9(2)23-8-11/h6-8,10,15,24H,4-5H2,1-3H3,(H2,22,28)(H,29,30)(H2,25,26,27)/t10-,15-/m0/s1. The van der Waals surface area contributed by atoms with E-state index in [1.54, 1.807) is 6.92 Å². The van der Waals surface area contributed by atoms with E-state index in [9.17, 15) is 18.4 Å². The van der Waals surface area contributed by atoms with Gasteiger partial charge in [-0.3, -0.25) is 9.78 Å². The van der Waals surface area contributed by atoms with Crippen LogP contribution in [0.5, 0.6) is 0 Å². The molecule has 0 saturated heterocycles. The molecule has 2 amide bonds. The van der Waals surface area contributed by atoms with Crippen LogP contribution < -0.4 is 21.7 Å². The van der Waals surface area contributed by atoms with Crippen molar-refractivity contribution in [2.75, 3.05) is 10.6 Å².